The lowest BCUT2D eigenvalue weighted by Crippen LogP contribution is -2.42. The summed E-state index contributed by atoms with van der Waals surface area (Å²) in [5.74, 6) is 0.399. The van der Waals surface area contributed by atoms with Crippen molar-refractivity contribution >= 4 is 39.1 Å². The number of sulfonamides is 1. The van der Waals surface area contributed by atoms with Gasteiger partial charge in [0.25, 0.3) is 0 Å². The Morgan fingerprint density at radius 1 is 1.33 bits per heavy atom. The van der Waals surface area contributed by atoms with E-state index in [0.29, 0.717) is 19.5 Å². The molecule has 1 aromatic heterocycles. The zero-order valence-electron chi connectivity index (χ0n) is 12.3. The van der Waals surface area contributed by atoms with Gasteiger partial charge in [-0.1, -0.05) is 34.4 Å². The quantitative estimate of drug-likeness (QED) is 0.860. The molecule has 1 aliphatic rings. The number of hydrogen-bond acceptors (Lipinski definition) is 5. The second kappa shape index (κ2) is 6.72. The SMILES string of the molecule is O=C(CNS(=O)(=O)c1c(Cl)cccc1Cl)N1CCc2oncc2C1. The molecule has 0 bridgehead atoms. The minimum atomic E-state index is -4.00. The highest BCUT2D eigenvalue weighted by molar-refractivity contribution is 7.89. The molecule has 0 aliphatic carbocycles. The van der Waals surface area contributed by atoms with Crippen LogP contribution in [0.3, 0.4) is 0 Å². The maximum atomic E-state index is 12.3. The summed E-state index contributed by atoms with van der Waals surface area (Å²) in [5, 5.41) is 3.68. The first kappa shape index (κ1) is 17.2. The summed E-state index contributed by atoms with van der Waals surface area (Å²) in [7, 11) is -4.00. The molecule has 128 valence electrons. The lowest BCUT2D eigenvalue weighted by atomic mass is 10.1. The average Bonchev–Trinajstić information content (AvgIpc) is 2.99. The summed E-state index contributed by atoms with van der Waals surface area (Å²) in [6.45, 7) is 0.395. The minimum Gasteiger partial charge on any atom is -0.361 e. The third kappa shape index (κ3) is 3.41. The average molecular weight is 390 g/mol. The van der Waals surface area contributed by atoms with Gasteiger partial charge in [0.1, 0.15) is 10.7 Å². The zero-order chi connectivity index (χ0) is 17.3. The number of aromatic nitrogens is 1. The largest absolute Gasteiger partial charge is 0.361 e. The normalized spacial score (nSPS) is 14.5. The fourth-order valence-corrected chi connectivity index (χ4v) is 4.55. The van der Waals surface area contributed by atoms with Crippen LogP contribution in [0.2, 0.25) is 10.0 Å². The van der Waals surface area contributed by atoms with Gasteiger partial charge < -0.3 is 9.42 Å². The van der Waals surface area contributed by atoms with E-state index < -0.39 is 10.0 Å². The summed E-state index contributed by atoms with van der Waals surface area (Å²) >= 11 is 11.8. The summed E-state index contributed by atoms with van der Waals surface area (Å²) < 4.78 is 32.0. The number of nitrogens with zero attached hydrogens (tertiary/aromatic N) is 2. The predicted octanol–water partition coefficient (Wildman–Crippen LogP) is 1.84. The summed E-state index contributed by atoms with van der Waals surface area (Å²) in [6, 6.07) is 4.38. The van der Waals surface area contributed by atoms with Gasteiger partial charge in [-0.05, 0) is 12.1 Å². The number of fused-ring (bicyclic) bond motifs is 1. The standard InChI is InChI=1S/C14H13Cl2N3O4S/c15-10-2-1-3-11(16)14(10)24(21,22)18-7-13(20)19-5-4-12-9(8-19)6-17-23-12/h1-3,6,18H,4-5,7-8H2. The van der Waals surface area contributed by atoms with Crippen molar-refractivity contribution in [3.63, 3.8) is 0 Å². The molecule has 1 amide bonds. The topological polar surface area (TPSA) is 92.5 Å². The van der Waals surface area contributed by atoms with Crippen LogP contribution in [0.5, 0.6) is 0 Å². The lowest BCUT2D eigenvalue weighted by Gasteiger charge is -2.25. The number of hydrogen-bond donors (Lipinski definition) is 1. The van der Waals surface area contributed by atoms with Crippen LogP contribution < -0.4 is 4.72 Å². The second-order valence-corrected chi connectivity index (χ2v) is 7.73. The van der Waals surface area contributed by atoms with E-state index in [9.17, 15) is 13.2 Å². The van der Waals surface area contributed by atoms with Crippen LogP contribution in [0.25, 0.3) is 0 Å². The van der Waals surface area contributed by atoms with Crippen molar-refractivity contribution in [2.75, 3.05) is 13.1 Å². The Kier molecular flexibility index (Phi) is 4.82. The Morgan fingerprint density at radius 3 is 2.75 bits per heavy atom. The first-order chi connectivity index (χ1) is 11.4. The number of benzene rings is 1. The number of carbonyl (C=O) groups excluding carboxylic acids is 1. The van der Waals surface area contributed by atoms with Gasteiger partial charge in [0, 0.05) is 18.5 Å². The van der Waals surface area contributed by atoms with E-state index in [-0.39, 0.29) is 27.4 Å². The number of rotatable bonds is 4. The third-order valence-electron chi connectivity index (χ3n) is 3.65. The smallest absolute Gasteiger partial charge is 0.244 e. The van der Waals surface area contributed by atoms with Crippen molar-refractivity contribution in [1.82, 2.24) is 14.8 Å². The monoisotopic (exact) mass is 389 g/mol. The van der Waals surface area contributed by atoms with E-state index >= 15 is 0 Å². The molecule has 1 N–H and O–H groups in total. The van der Waals surface area contributed by atoms with Crippen LogP contribution in [-0.2, 0) is 27.8 Å². The number of carbonyl (C=O) groups is 1. The Balaban J connectivity index is 1.68. The van der Waals surface area contributed by atoms with Gasteiger partial charge in [0.15, 0.2) is 0 Å². The van der Waals surface area contributed by atoms with E-state index in [1.807, 2.05) is 0 Å². The molecule has 1 aliphatic heterocycles. The number of nitrogens with one attached hydrogen (secondary N) is 1. The molecule has 0 atom stereocenters. The predicted molar refractivity (Wildman–Crippen MR) is 87.3 cm³/mol. The second-order valence-electron chi connectivity index (χ2n) is 5.21. The zero-order valence-corrected chi connectivity index (χ0v) is 14.7. The highest BCUT2D eigenvalue weighted by atomic mass is 35.5. The highest BCUT2D eigenvalue weighted by Crippen LogP contribution is 2.28. The molecule has 0 saturated heterocycles. The van der Waals surface area contributed by atoms with Gasteiger partial charge in [-0.25, -0.2) is 13.1 Å². The van der Waals surface area contributed by atoms with E-state index in [2.05, 4.69) is 9.88 Å². The van der Waals surface area contributed by atoms with Gasteiger partial charge in [-0.15, -0.1) is 0 Å². The van der Waals surface area contributed by atoms with Crippen LogP contribution in [0.1, 0.15) is 11.3 Å². The first-order valence-corrected chi connectivity index (χ1v) is 9.26. The van der Waals surface area contributed by atoms with Crippen LogP contribution >= 0.6 is 23.2 Å². The van der Waals surface area contributed by atoms with Crippen LogP contribution in [0.4, 0.5) is 0 Å². The van der Waals surface area contributed by atoms with Crippen molar-refractivity contribution < 1.29 is 17.7 Å². The molecule has 10 heteroatoms. The molecule has 0 saturated carbocycles. The molecule has 0 unspecified atom stereocenters. The van der Waals surface area contributed by atoms with Crippen molar-refractivity contribution in [1.29, 1.82) is 0 Å². The molecule has 2 heterocycles. The van der Waals surface area contributed by atoms with Crippen molar-refractivity contribution in [3.05, 3.63) is 45.8 Å². The molecule has 0 fully saturated rings. The van der Waals surface area contributed by atoms with Gasteiger partial charge >= 0.3 is 0 Å². The molecule has 7 nitrogen and oxygen atoms in total. The Bertz CT molecular complexity index is 862. The fraction of sp³-hybridized carbons (Fsp3) is 0.286. The fourth-order valence-electron chi connectivity index (χ4n) is 2.43. The van der Waals surface area contributed by atoms with Crippen molar-refractivity contribution in [3.8, 4) is 0 Å². The Labute approximate surface area is 148 Å². The Morgan fingerprint density at radius 2 is 2.04 bits per heavy atom. The van der Waals surface area contributed by atoms with Crippen LogP contribution in [-0.4, -0.2) is 37.5 Å². The third-order valence-corrected chi connectivity index (χ3v) is 6.01. The molecular weight excluding hydrogens is 377 g/mol. The van der Waals surface area contributed by atoms with E-state index in [4.69, 9.17) is 27.7 Å². The van der Waals surface area contributed by atoms with Gasteiger partial charge in [-0.2, -0.15) is 0 Å². The molecule has 3 rings (SSSR count). The molecular formula is C14H13Cl2N3O4S. The van der Waals surface area contributed by atoms with Crippen molar-refractivity contribution in [2.45, 2.75) is 17.9 Å². The van der Waals surface area contributed by atoms with E-state index in [1.54, 1.807) is 12.3 Å². The summed E-state index contributed by atoms with van der Waals surface area (Å²) in [5.41, 5.74) is 0.826. The first-order valence-electron chi connectivity index (χ1n) is 7.02. The maximum Gasteiger partial charge on any atom is 0.244 e. The minimum absolute atomic E-state index is 0.00506. The van der Waals surface area contributed by atoms with Gasteiger partial charge in [0.05, 0.1) is 29.3 Å². The molecule has 2 aromatic rings. The van der Waals surface area contributed by atoms with Gasteiger partial charge in [-0.3, -0.25) is 4.79 Å². The molecule has 0 radical (unpaired) electrons. The van der Waals surface area contributed by atoms with Gasteiger partial charge in [0.2, 0.25) is 15.9 Å². The Hall–Kier alpha value is -1.61. The van der Waals surface area contributed by atoms with E-state index in [0.717, 1.165) is 11.3 Å². The van der Waals surface area contributed by atoms with Crippen LogP contribution in [0.15, 0.2) is 33.8 Å². The van der Waals surface area contributed by atoms with Crippen LogP contribution in [0, 0.1) is 0 Å². The molecule has 0 spiro atoms. The highest BCUT2D eigenvalue weighted by Gasteiger charge is 2.26. The molecule has 1 aromatic carbocycles. The number of halogens is 2. The van der Waals surface area contributed by atoms with Crippen molar-refractivity contribution in [2.24, 2.45) is 0 Å². The molecule has 24 heavy (non-hydrogen) atoms. The van der Waals surface area contributed by atoms with E-state index in [1.165, 1.54) is 17.0 Å². The maximum absolute atomic E-state index is 12.3. The summed E-state index contributed by atoms with van der Waals surface area (Å²) in [6.07, 6.45) is 2.10. The lowest BCUT2D eigenvalue weighted by molar-refractivity contribution is -0.130. The number of amides is 1. The summed E-state index contributed by atoms with van der Waals surface area (Å²) in [4.78, 5) is 13.6.